The van der Waals surface area contributed by atoms with E-state index in [0.717, 1.165) is 31.4 Å². The van der Waals surface area contributed by atoms with E-state index in [2.05, 4.69) is 4.74 Å². The Bertz CT molecular complexity index is 1370. The quantitative estimate of drug-likeness (QED) is 0.156. The van der Waals surface area contributed by atoms with Crippen molar-refractivity contribution in [2.24, 2.45) is 5.41 Å². The highest BCUT2D eigenvalue weighted by atomic mass is 19.3. The fourth-order valence-corrected chi connectivity index (χ4v) is 4.48. The average Bonchev–Trinajstić information content (AvgIpc) is 2.88. The van der Waals surface area contributed by atoms with Crippen LogP contribution in [0.3, 0.4) is 0 Å². The summed E-state index contributed by atoms with van der Waals surface area (Å²) in [5, 5.41) is 10.7. The van der Waals surface area contributed by atoms with Gasteiger partial charge in [0.1, 0.15) is 28.8 Å². The lowest BCUT2D eigenvalue weighted by molar-refractivity contribution is -0.415. The maximum Gasteiger partial charge on any atom is 0.432 e. The van der Waals surface area contributed by atoms with Crippen molar-refractivity contribution >= 4 is 0 Å². The smallest absolute Gasteiger partial charge is 0.429 e. The van der Waals surface area contributed by atoms with E-state index in [4.69, 9.17) is 9.47 Å². The minimum Gasteiger partial charge on any atom is -0.429 e. The van der Waals surface area contributed by atoms with Gasteiger partial charge >= 0.3 is 12.1 Å². The lowest BCUT2D eigenvalue weighted by Gasteiger charge is -2.42. The summed E-state index contributed by atoms with van der Waals surface area (Å²) in [6.45, 7) is 3.86. The zero-order valence-electron chi connectivity index (χ0n) is 22.0. The molecular formula is C29H26F8O4. The van der Waals surface area contributed by atoms with Crippen molar-refractivity contribution in [1.82, 2.24) is 0 Å². The minimum absolute atomic E-state index is 0.0176. The number of rotatable bonds is 9. The van der Waals surface area contributed by atoms with Crippen LogP contribution in [0.1, 0.15) is 50.7 Å². The predicted molar refractivity (Wildman–Crippen MR) is 131 cm³/mol. The van der Waals surface area contributed by atoms with E-state index >= 15 is 0 Å². The lowest BCUT2D eigenvalue weighted by atomic mass is 9.85. The topological polar surface area (TPSA) is 47.9 Å². The molecular weight excluding hydrogens is 564 g/mol. The molecule has 4 nitrogen and oxygen atoms in total. The van der Waals surface area contributed by atoms with Gasteiger partial charge in [-0.25, -0.2) is 26.3 Å². The van der Waals surface area contributed by atoms with E-state index in [1.165, 1.54) is 0 Å². The SMILES string of the molecule is CCCCCC1(C)COC(O)(c2cc(F)c(C(F)(F)Oc3ccc(-c4cc(F)c(F)c(F)c4)c(F)c3)c(F)c2)OC1. The zero-order chi connectivity index (χ0) is 30.2. The zero-order valence-corrected chi connectivity index (χ0v) is 22.0. The van der Waals surface area contributed by atoms with Crippen LogP contribution in [0.5, 0.6) is 5.75 Å². The molecule has 41 heavy (non-hydrogen) atoms. The molecule has 0 aliphatic carbocycles. The second kappa shape index (κ2) is 11.6. The third-order valence-corrected chi connectivity index (χ3v) is 6.80. The van der Waals surface area contributed by atoms with Gasteiger partial charge in [-0.05, 0) is 48.4 Å². The van der Waals surface area contributed by atoms with Crippen molar-refractivity contribution in [1.29, 1.82) is 0 Å². The van der Waals surface area contributed by atoms with Gasteiger partial charge in [0.2, 0.25) is 0 Å². The van der Waals surface area contributed by atoms with Gasteiger partial charge in [0, 0.05) is 22.6 Å². The summed E-state index contributed by atoms with van der Waals surface area (Å²) in [4.78, 5) is 0. The number of hydrogen-bond donors (Lipinski definition) is 1. The maximum absolute atomic E-state index is 14.9. The van der Waals surface area contributed by atoms with Crippen LogP contribution in [-0.4, -0.2) is 18.3 Å². The van der Waals surface area contributed by atoms with Gasteiger partial charge in [0.15, 0.2) is 17.5 Å². The number of hydrogen-bond acceptors (Lipinski definition) is 4. The Kier molecular flexibility index (Phi) is 8.68. The van der Waals surface area contributed by atoms with Gasteiger partial charge < -0.3 is 19.3 Å². The van der Waals surface area contributed by atoms with Crippen LogP contribution in [0.25, 0.3) is 11.1 Å². The first-order chi connectivity index (χ1) is 19.2. The van der Waals surface area contributed by atoms with Crippen molar-refractivity contribution in [2.75, 3.05) is 13.2 Å². The normalized spacial score (nSPS) is 21.2. The highest BCUT2D eigenvalue weighted by Gasteiger charge is 2.46. The summed E-state index contributed by atoms with van der Waals surface area (Å²) in [7, 11) is 0. The van der Waals surface area contributed by atoms with Crippen LogP contribution in [0.2, 0.25) is 0 Å². The van der Waals surface area contributed by atoms with E-state index in [1.807, 2.05) is 13.8 Å². The standard InChI is InChI=1S/C29H26F8O4/c1-3-4-5-8-27(2)14-39-29(38,40-15-27)17-11-21(31)25(22(32)12-17)28(36,37)41-18-6-7-19(20(30)13-18)16-9-23(33)26(35)24(34)10-16/h6-7,9-13,38H,3-5,8,14-15H2,1-2H3. The molecule has 1 N–H and O–H groups in total. The van der Waals surface area contributed by atoms with E-state index in [9.17, 15) is 40.2 Å². The molecule has 0 aromatic heterocycles. The molecule has 1 aliphatic heterocycles. The van der Waals surface area contributed by atoms with Crippen molar-refractivity contribution in [3.05, 3.63) is 88.5 Å². The van der Waals surface area contributed by atoms with Gasteiger partial charge in [0.25, 0.3) is 0 Å². The monoisotopic (exact) mass is 590 g/mol. The van der Waals surface area contributed by atoms with Crippen LogP contribution in [0.4, 0.5) is 35.1 Å². The molecule has 1 saturated heterocycles. The first-order valence-corrected chi connectivity index (χ1v) is 12.7. The summed E-state index contributed by atoms with van der Waals surface area (Å²) < 4.78 is 130. The second-order valence-corrected chi connectivity index (χ2v) is 10.3. The molecule has 4 rings (SSSR count). The molecule has 3 aromatic rings. The van der Waals surface area contributed by atoms with E-state index in [0.29, 0.717) is 36.8 Å². The summed E-state index contributed by atoms with van der Waals surface area (Å²) in [5.74, 6) is -13.4. The molecule has 1 fully saturated rings. The minimum atomic E-state index is -4.68. The van der Waals surface area contributed by atoms with Crippen molar-refractivity contribution < 1.29 is 54.4 Å². The number of alkyl halides is 2. The Hall–Kier alpha value is -3.22. The molecule has 0 spiro atoms. The summed E-state index contributed by atoms with van der Waals surface area (Å²) in [6.07, 6.45) is -1.13. The molecule has 1 heterocycles. The number of ether oxygens (including phenoxy) is 3. The third kappa shape index (κ3) is 6.49. The number of benzene rings is 3. The Balaban J connectivity index is 1.53. The fourth-order valence-electron chi connectivity index (χ4n) is 4.48. The molecule has 1 aliphatic rings. The van der Waals surface area contributed by atoms with Crippen LogP contribution in [0.15, 0.2) is 42.5 Å². The van der Waals surface area contributed by atoms with E-state index < -0.39 is 80.4 Å². The second-order valence-electron chi connectivity index (χ2n) is 10.3. The van der Waals surface area contributed by atoms with Crippen molar-refractivity contribution in [3.63, 3.8) is 0 Å². The highest BCUT2D eigenvalue weighted by molar-refractivity contribution is 5.65. The molecule has 0 amide bonds. The van der Waals surface area contributed by atoms with Gasteiger partial charge in [0.05, 0.1) is 13.2 Å². The molecule has 3 aromatic carbocycles. The molecule has 0 radical (unpaired) electrons. The van der Waals surface area contributed by atoms with Crippen LogP contribution in [0, 0.1) is 40.3 Å². The number of aliphatic hydroxyl groups is 1. The Morgan fingerprint density at radius 1 is 0.829 bits per heavy atom. The maximum atomic E-state index is 14.9. The first kappa shape index (κ1) is 30.7. The average molecular weight is 591 g/mol. The number of unbranched alkanes of at least 4 members (excludes halogenated alkanes) is 2. The molecule has 0 bridgehead atoms. The first-order valence-electron chi connectivity index (χ1n) is 12.7. The summed E-state index contributed by atoms with van der Waals surface area (Å²) in [6, 6.07) is 3.80. The van der Waals surface area contributed by atoms with Crippen molar-refractivity contribution in [2.45, 2.75) is 51.6 Å². The van der Waals surface area contributed by atoms with E-state index in [1.54, 1.807) is 0 Å². The molecule has 0 atom stereocenters. The molecule has 0 saturated carbocycles. The van der Waals surface area contributed by atoms with E-state index in [-0.39, 0.29) is 13.2 Å². The lowest BCUT2D eigenvalue weighted by Crippen LogP contribution is -2.47. The Morgan fingerprint density at radius 3 is 1.95 bits per heavy atom. The van der Waals surface area contributed by atoms with Gasteiger partial charge in [-0.1, -0.05) is 33.1 Å². The highest BCUT2D eigenvalue weighted by Crippen LogP contribution is 2.41. The largest absolute Gasteiger partial charge is 0.432 e. The molecule has 0 unspecified atom stereocenters. The molecule has 12 heteroatoms. The van der Waals surface area contributed by atoms with Gasteiger partial charge in [-0.2, -0.15) is 8.78 Å². The third-order valence-electron chi connectivity index (χ3n) is 6.80. The van der Waals surface area contributed by atoms with Gasteiger partial charge in [-0.3, -0.25) is 0 Å². The van der Waals surface area contributed by atoms with Gasteiger partial charge in [-0.15, -0.1) is 0 Å². The Labute approximate surface area is 230 Å². The predicted octanol–water partition coefficient (Wildman–Crippen LogP) is 8.05. The number of halogens is 8. The summed E-state index contributed by atoms with van der Waals surface area (Å²) in [5.41, 5.74) is -3.82. The Morgan fingerprint density at radius 2 is 1.41 bits per heavy atom. The fraction of sp³-hybridized carbons (Fsp3) is 0.379. The van der Waals surface area contributed by atoms with Crippen molar-refractivity contribution in [3.8, 4) is 16.9 Å². The molecule has 222 valence electrons. The van der Waals surface area contributed by atoms with Crippen LogP contribution >= 0.6 is 0 Å². The summed E-state index contributed by atoms with van der Waals surface area (Å²) >= 11 is 0. The van der Waals surface area contributed by atoms with Crippen LogP contribution < -0.4 is 4.74 Å². The van der Waals surface area contributed by atoms with Crippen LogP contribution in [-0.2, 0) is 21.6 Å².